The zero-order chi connectivity index (χ0) is 10.4. The second-order valence-electron chi connectivity index (χ2n) is 2.78. The van der Waals surface area contributed by atoms with E-state index in [9.17, 15) is 0 Å². The fraction of sp³-hybridized carbons (Fsp3) is 0.300. The van der Waals surface area contributed by atoms with Gasteiger partial charge in [0.15, 0.2) is 0 Å². The van der Waals surface area contributed by atoms with Gasteiger partial charge in [0.1, 0.15) is 5.84 Å². The van der Waals surface area contributed by atoms with Gasteiger partial charge in [0, 0.05) is 23.3 Å². The van der Waals surface area contributed by atoms with E-state index in [0.29, 0.717) is 0 Å². The van der Waals surface area contributed by atoms with Crippen LogP contribution in [0.25, 0.3) is 0 Å². The summed E-state index contributed by atoms with van der Waals surface area (Å²) in [6.07, 6.45) is 0. The molecule has 3 N–H and O–H groups in total. The zero-order valence-corrected chi connectivity index (χ0v) is 8.93. The molecule has 0 amide bonds. The average molecular weight is 210 g/mol. The number of nitrogens with one attached hydrogen (secondary N) is 1. The molecule has 0 saturated heterocycles. The number of hydrogen-bond acceptors (Lipinski definition) is 3. The van der Waals surface area contributed by atoms with E-state index >= 15 is 0 Å². The predicted octanol–water partition coefficient (Wildman–Crippen LogP) is 1.71. The van der Waals surface area contributed by atoms with Crippen LogP contribution in [-0.2, 0) is 4.74 Å². The van der Waals surface area contributed by atoms with Crippen LogP contribution in [0.3, 0.4) is 0 Å². The Hall–Kier alpha value is -1.00. The van der Waals surface area contributed by atoms with Crippen LogP contribution >= 0.6 is 11.8 Å². The van der Waals surface area contributed by atoms with Gasteiger partial charge in [-0.05, 0) is 12.1 Å². The molecule has 3 nitrogen and oxygen atoms in total. The topological polar surface area (TPSA) is 59.1 Å². The Morgan fingerprint density at radius 1 is 1.43 bits per heavy atom. The average Bonchev–Trinajstić information content (AvgIpc) is 2.19. The summed E-state index contributed by atoms with van der Waals surface area (Å²) >= 11 is 1.73. The third-order valence-electron chi connectivity index (χ3n) is 1.72. The normalized spacial score (nSPS) is 10.1. The number of nitrogen functional groups attached to an aromatic ring is 1. The lowest BCUT2D eigenvalue weighted by molar-refractivity contribution is 0.218. The van der Waals surface area contributed by atoms with Gasteiger partial charge in [-0.25, -0.2) is 0 Å². The Bertz CT molecular complexity index is 297. The molecule has 1 aromatic carbocycles. The molecule has 0 aliphatic rings. The summed E-state index contributed by atoms with van der Waals surface area (Å²) < 4.78 is 4.95. The lowest BCUT2D eigenvalue weighted by Crippen LogP contribution is -2.10. The highest BCUT2D eigenvalue weighted by Gasteiger charge is 1.97. The minimum atomic E-state index is 0.110. The summed E-state index contributed by atoms with van der Waals surface area (Å²) in [5, 5.41) is 7.22. The van der Waals surface area contributed by atoms with Crippen molar-refractivity contribution in [2.24, 2.45) is 5.73 Å². The third kappa shape index (κ3) is 3.40. The molecular formula is C10H14N2OS. The van der Waals surface area contributed by atoms with E-state index in [4.69, 9.17) is 15.9 Å². The third-order valence-corrected chi connectivity index (χ3v) is 2.70. The van der Waals surface area contributed by atoms with E-state index in [-0.39, 0.29) is 5.84 Å². The van der Waals surface area contributed by atoms with Gasteiger partial charge in [0.25, 0.3) is 0 Å². The smallest absolute Gasteiger partial charge is 0.122 e. The highest BCUT2D eigenvalue weighted by molar-refractivity contribution is 7.99. The molecule has 0 fully saturated rings. The predicted molar refractivity (Wildman–Crippen MR) is 60.1 cm³/mol. The first-order valence-electron chi connectivity index (χ1n) is 4.30. The molecular weight excluding hydrogens is 196 g/mol. The summed E-state index contributed by atoms with van der Waals surface area (Å²) in [6.45, 7) is 0.749. The molecule has 4 heteroatoms. The van der Waals surface area contributed by atoms with Crippen LogP contribution in [0.4, 0.5) is 0 Å². The highest BCUT2D eigenvalue weighted by atomic mass is 32.2. The number of hydrogen-bond donors (Lipinski definition) is 2. The summed E-state index contributed by atoms with van der Waals surface area (Å²) in [6, 6.07) is 7.66. The molecule has 0 saturated carbocycles. The molecule has 0 unspecified atom stereocenters. The lowest BCUT2D eigenvalue weighted by Gasteiger charge is -2.02. The number of nitrogens with two attached hydrogens (primary N) is 1. The Balaban J connectivity index is 2.51. The van der Waals surface area contributed by atoms with Crippen molar-refractivity contribution in [3.8, 4) is 0 Å². The van der Waals surface area contributed by atoms with Gasteiger partial charge < -0.3 is 10.5 Å². The first-order valence-corrected chi connectivity index (χ1v) is 5.29. The van der Waals surface area contributed by atoms with Gasteiger partial charge in [-0.15, -0.1) is 11.8 Å². The fourth-order valence-corrected chi connectivity index (χ4v) is 1.79. The molecule has 1 aromatic rings. The lowest BCUT2D eigenvalue weighted by atomic mass is 10.2. The van der Waals surface area contributed by atoms with Crippen molar-refractivity contribution < 1.29 is 4.74 Å². The van der Waals surface area contributed by atoms with Crippen molar-refractivity contribution in [2.75, 3.05) is 19.5 Å². The van der Waals surface area contributed by atoms with Crippen LogP contribution in [0.15, 0.2) is 29.2 Å². The molecule has 0 radical (unpaired) electrons. The number of methoxy groups -OCH3 is 1. The van der Waals surface area contributed by atoms with Crippen molar-refractivity contribution in [3.05, 3.63) is 29.8 Å². The first-order chi connectivity index (χ1) is 6.74. The van der Waals surface area contributed by atoms with Gasteiger partial charge in [-0.1, -0.05) is 12.1 Å². The maximum atomic E-state index is 7.22. The van der Waals surface area contributed by atoms with Crippen molar-refractivity contribution in [1.82, 2.24) is 0 Å². The second-order valence-corrected chi connectivity index (χ2v) is 3.95. The van der Waals surface area contributed by atoms with Gasteiger partial charge in [0.2, 0.25) is 0 Å². The summed E-state index contributed by atoms with van der Waals surface area (Å²) in [5.74, 6) is 1.05. The van der Waals surface area contributed by atoms with Gasteiger partial charge in [-0.3, -0.25) is 5.41 Å². The standard InChI is InChI=1S/C10H14N2OS/c1-13-6-7-14-9-4-2-8(3-5-9)10(11)12/h2-5H,6-7H2,1H3,(H3,11,12). The quantitative estimate of drug-likeness (QED) is 0.336. The first kappa shape index (κ1) is 11.1. The highest BCUT2D eigenvalue weighted by Crippen LogP contribution is 2.17. The Labute approximate surface area is 88.2 Å². The van der Waals surface area contributed by atoms with Crippen molar-refractivity contribution >= 4 is 17.6 Å². The molecule has 0 heterocycles. The van der Waals surface area contributed by atoms with E-state index in [1.807, 2.05) is 24.3 Å². The van der Waals surface area contributed by atoms with Crippen LogP contribution in [0.5, 0.6) is 0 Å². The number of amidine groups is 1. The van der Waals surface area contributed by atoms with Crippen LogP contribution < -0.4 is 5.73 Å². The second kappa shape index (κ2) is 5.67. The maximum Gasteiger partial charge on any atom is 0.122 e. The number of benzene rings is 1. The van der Waals surface area contributed by atoms with Crippen molar-refractivity contribution in [1.29, 1.82) is 5.41 Å². The van der Waals surface area contributed by atoms with Crippen LogP contribution in [0.1, 0.15) is 5.56 Å². The molecule has 0 aliphatic heterocycles. The number of thioether (sulfide) groups is 1. The van der Waals surface area contributed by atoms with E-state index in [0.717, 1.165) is 17.9 Å². The van der Waals surface area contributed by atoms with E-state index in [1.165, 1.54) is 4.90 Å². The van der Waals surface area contributed by atoms with Crippen LogP contribution in [0, 0.1) is 5.41 Å². The molecule has 14 heavy (non-hydrogen) atoms. The summed E-state index contributed by atoms with van der Waals surface area (Å²) in [5.41, 5.74) is 6.11. The van der Waals surface area contributed by atoms with Gasteiger partial charge in [0.05, 0.1) is 6.61 Å². The van der Waals surface area contributed by atoms with E-state index in [1.54, 1.807) is 18.9 Å². The maximum absolute atomic E-state index is 7.22. The SMILES string of the molecule is COCCSc1ccc(C(=N)N)cc1. The van der Waals surface area contributed by atoms with Crippen LogP contribution in [0.2, 0.25) is 0 Å². The molecule has 76 valence electrons. The Morgan fingerprint density at radius 3 is 2.57 bits per heavy atom. The van der Waals surface area contributed by atoms with E-state index < -0.39 is 0 Å². The van der Waals surface area contributed by atoms with Crippen molar-refractivity contribution in [3.63, 3.8) is 0 Å². The molecule has 0 aliphatic carbocycles. The van der Waals surface area contributed by atoms with Gasteiger partial charge >= 0.3 is 0 Å². The Morgan fingerprint density at radius 2 is 2.07 bits per heavy atom. The van der Waals surface area contributed by atoms with Gasteiger partial charge in [-0.2, -0.15) is 0 Å². The van der Waals surface area contributed by atoms with E-state index in [2.05, 4.69) is 0 Å². The number of ether oxygens (including phenoxy) is 1. The number of rotatable bonds is 5. The minimum Gasteiger partial charge on any atom is -0.384 e. The molecule has 0 bridgehead atoms. The van der Waals surface area contributed by atoms with Crippen LogP contribution in [-0.4, -0.2) is 25.3 Å². The minimum absolute atomic E-state index is 0.110. The largest absolute Gasteiger partial charge is 0.384 e. The fourth-order valence-electron chi connectivity index (χ4n) is 0.974. The monoisotopic (exact) mass is 210 g/mol. The molecule has 0 atom stereocenters. The summed E-state index contributed by atoms with van der Waals surface area (Å²) in [7, 11) is 1.69. The zero-order valence-electron chi connectivity index (χ0n) is 8.12. The Kier molecular flexibility index (Phi) is 4.49. The summed E-state index contributed by atoms with van der Waals surface area (Å²) in [4.78, 5) is 1.17. The van der Waals surface area contributed by atoms with Crippen molar-refractivity contribution in [2.45, 2.75) is 4.90 Å². The molecule has 0 aromatic heterocycles. The molecule has 0 spiro atoms. The molecule has 1 rings (SSSR count).